The van der Waals surface area contributed by atoms with Gasteiger partial charge in [-0.3, -0.25) is 4.79 Å². The first-order chi connectivity index (χ1) is 11.3. The molecule has 0 aliphatic rings. The summed E-state index contributed by atoms with van der Waals surface area (Å²) in [7, 11) is 0. The Hall–Kier alpha value is -2.53. The minimum atomic E-state index is -0.769. The van der Waals surface area contributed by atoms with Gasteiger partial charge in [0, 0.05) is 0 Å². The molecule has 0 saturated heterocycles. The number of phenols is 1. The van der Waals surface area contributed by atoms with Crippen molar-refractivity contribution in [1.82, 2.24) is 0 Å². The highest BCUT2D eigenvalue weighted by Gasteiger charge is 2.15. The van der Waals surface area contributed by atoms with Crippen molar-refractivity contribution in [3.8, 4) is 5.75 Å². The highest BCUT2D eigenvalue weighted by Crippen LogP contribution is 2.27. The predicted molar refractivity (Wildman–Crippen MR) is 92.7 cm³/mol. The summed E-state index contributed by atoms with van der Waals surface area (Å²) < 4.78 is 4.93. The quantitative estimate of drug-likeness (QED) is 0.825. The third-order valence-electron chi connectivity index (χ3n) is 3.40. The summed E-state index contributed by atoms with van der Waals surface area (Å²) in [6.07, 6.45) is 0. The fraction of sp³-hybridized carbons (Fsp3) is 0.222. The predicted octanol–water partition coefficient (Wildman–Crippen LogP) is 3.77. The van der Waals surface area contributed by atoms with Crippen molar-refractivity contribution in [1.29, 1.82) is 0 Å². The maximum absolute atomic E-state index is 12.0. The molecule has 2 aromatic carbocycles. The molecule has 126 valence electrons. The number of hydrogen-bond acceptors (Lipinski definition) is 4. The molecule has 0 atom stereocenters. The molecule has 2 N–H and O–H groups in total. The van der Waals surface area contributed by atoms with Crippen LogP contribution in [0.15, 0.2) is 30.3 Å². The van der Waals surface area contributed by atoms with Gasteiger partial charge in [0.25, 0.3) is 5.91 Å². The molecular formula is C18H18ClNO4. The maximum Gasteiger partial charge on any atom is 0.342 e. The average molecular weight is 348 g/mol. The summed E-state index contributed by atoms with van der Waals surface area (Å²) >= 11 is 6.12. The second-order valence-electron chi connectivity index (χ2n) is 5.58. The van der Waals surface area contributed by atoms with Crippen LogP contribution in [0.25, 0.3) is 0 Å². The van der Waals surface area contributed by atoms with E-state index in [0.29, 0.717) is 10.7 Å². The summed E-state index contributed by atoms with van der Waals surface area (Å²) in [6, 6.07) is 8.20. The molecule has 2 rings (SSSR count). The van der Waals surface area contributed by atoms with Gasteiger partial charge in [-0.15, -0.1) is 0 Å². The molecule has 0 radical (unpaired) electrons. The molecule has 0 heterocycles. The standard InChI is InChI=1S/C18H18ClNO4/c1-10-4-5-13(15(21)8-10)18(23)24-9-16(22)20-17-12(3)6-11(2)7-14(17)19/h4-8,21H,9H2,1-3H3,(H,20,22). The summed E-state index contributed by atoms with van der Waals surface area (Å²) in [5.41, 5.74) is 3.11. The fourth-order valence-electron chi connectivity index (χ4n) is 2.27. The zero-order valence-corrected chi connectivity index (χ0v) is 14.4. The summed E-state index contributed by atoms with van der Waals surface area (Å²) in [6.45, 7) is 5.04. The first-order valence-electron chi connectivity index (χ1n) is 7.31. The topological polar surface area (TPSA) is 75.6 Å². The van der Waals surface area contributed by atoms with Crippen molar-refractivity contribution in [3.63, 3.8) is 0 Å². The summed E-state index contributed by atoms with van der Waals surface area (Å²) in [4.78, 5) is 23.9. The molecule has 2 aromatic rings. The van der Waals surface area contributed by atoms with Gasteiger partial charge in [0.2, 0.25) is 0 Å². The number of esters is 1. The van der Waals surface area contributed by atoms with Gasteiger partial charge in [0.15, 0.2) is 6.61 Å². The van der Waals surface area contributed by atoms with Crippen molar-refractivity contribution in [3.05, 3.63) is 57.6 Å². The van der Waals surface area contributed by atoms with Crippen LogP contribution in [0.4, 0.5) is 5.69 Å². The monoisotopic (exact) mass is 347 g/mol. The molecular weight excluding hydrogens is 330 g/mol. The summed E-state index contributed by atoms with van der Waals surface area (Å²) in [5, 5.41) is 12.8. The van der Waals surface area contributed by atoms with E-state index in [1.807, 2.05) is 19.9 Å². The van der Waals surface area contributed by atoms with Crippen molar-refractivity contribution in [2.24, 2.45) is 0 Å². The smallest absolute Gasteiger partial charge is 0.342 e. The Morgan fingerprint density at radius 2 is 1.83 bits per heavy atom. The Morgan fingerprint density at radius 1 is 1.12 bits per heavy atom. The number of ether oxygens (including phenoxy) is 1. The Labute approximate surface area is 145 Å². The van der Waals surface area contributed by atoms with E-state index in [2.05, 4.69) is 5.32 Å². The number of hydrogen-bond donors (Lipinski definition) is 2. The van der Waals surface area contributed by atoms with Crippen LogP contribution in [0, 0.1) is 20.8 Å². The van der Waals surface area contributed by atoms with Crippen LogP contribution in [-0.4, -0.2) is 23.6 Å². The first-order valence-corrected chi connectivity index (χ1v) is 7.69. The highest BCUT2D eigenvalue weighted by atomic mass is 35.5. The number of carbonyl (C=O) groups excluding carboxylic acids is 2. The van der Waals surface area contributed by atoms with Crippen LogP contribution < -0.4 is 5.32 Å². The fourth-order valence-corrected chi connectivity index (χ4v) is 2.64. The average Bonchev–Trinajstić information content (AvgIpc) is 2.48. The number of anilines is 1. The lowest BCUT2D eigenvalue weighted by Gasteiger charge is -2.12. The second kappa shape index (κ2) is 7.36. The Balaban J connectivity index is 2.00. The number of rotatable bonds is 4. The van der Waals surface area contributed by atoms with Crippen molar-refractivity contribution >= 4 is 29.2 Å². The lowest BCUT2D eigenvalue weighted by Crippen LogP contribution is -2.21. The van der Waals surface area contributed by atoms with E-state index in [1.54, 1.807) is 19.1 Å². The molecule has 0 aliphatic heterocycles. The third kappa shape index (κ3) is 4.26. The SMILES string of the molecule is Cc1ccc(C(=O)OCC(=O)Nc2c(C)cc(C)cc2Cl)c(O)c1. The lowest BCUT2D eigenvalue weighted by molar-refractivity contribution is -0.119. The van der Waals surface area contributed by atoms with Crippen LogP contribution in [0.1, 0.15) is 27.0 Å². The van der Waals surface area contributed by atoms with E-state index in [9.17, 15) is 14.7 Å². The van der Waals surface area contributed by atoms with Gasteiger partial charge in [-0.1, -0.05) is 23.7 Å². The number of phenolic OH excluding ortho intramolecular Hbond substituents is 1. The Kier molecular flexibility index (Phi) is 5.46. The van der Waals surface area contributed by atoms with Gasteiger partial charge in [0.05, 0.1) is 10.7 Å². The van der Waals surface area contributed by atoms with E-state index in [1.165, 1.54) is 12.1 Å². The zero-order valence-electron chi connectivity index (χ0n) is 13.6. The van der Waals surface area contributed by atoms with Crippen LogP contribution in [0.3, 0.4) is 0 Å². The second-order valence-corrected chi connectivity index (χ2v) is 5.99. The van der Waals surface area contributed by atoms with Gasteiger partial charge in [-0.05, 0) is 55.7 Å². The van der Waals surface area contributed by atoms with Gasteiger partial charge in [-0.2, -0.15) is 0 Å². The third-order valence-corrected chi connectivity index (χ3v) is 3.70. The van der Waals surface area contributed by atoms with E-state index in [4.69, 9.17) is 16.3 Å². The van der Waals surface area contributed by atoms with E-state index in [-0.39, 0.29) is 11.3 Å². The molecule has 0 saturated carbocycles. The van der Waals surface area contributed by atoms with Gasteiger partial charge in [-0.25, -0.2) is 4.79 Å². The number of nitrogens with one attached hydrogen (secondary N) is 1. The van der Waals surface area contributed by atoms with Crippen LogP contribution in [-0.2, 0) is 9.53 Å². The number of amides is 1. The van der Waals surface area contributed by atoms with E-state index in [0.717, 1.165) is 16.7 Å². The Bertz CT molecular complexity index is 779. The molecule has 0 fully saturated rings. The van der Waals surface area contributed by atoms with Crippen molar-refractivity contribution < 1.29 is 19.4 Å². The molecule has 5 nitrogen and oxygen atoms in total. The molecule has 0 aromatic heterocycles. The summed E-state index contributed by atoms with van der Waals surface area (Å²) in [5.74, 6) is -1.46. The number of halogens is 1. The Morgan fingerprint density at radius 3 is 2.46 bits per heavy atom. The normalized spacial score (nSPS) is 10.3. The minimum absolute atomic E-state index is 0.0120. The maximum atomic E-state index is 12.0. The molecule has 1 amide bonds. The van der Waals surface area contributed by atoms with Crippen LogP contribution in [0.5, 0.6) is 5.75 Å². The van der Waals surface area contributed by atoms with Crippen molar-refractivity contribution in [2.75, 3.05) is 11.9 Å². The molecule has 0 bridgehead atoms. The molecule has 6 heteroatoms. The number of carbonyl (C=O) groups is 2. The molecule has 0 spiro atoms. The van der Waals surface area contributed by atoms with E-state index >= 15 is 0 Å². The van der Waals surface area contributed by atoms with Gasteiger partial charge < -0.3 is 15.2 Å². The van der Waals surface area contributed by atoms with Crippen LogP contribution >= 0.6 is 11.6 Å². The lowest BCUT2D eigenvalue weighted by atomic mass is 10.1. The van der Waals surface area contributed by atoms with Gasteiger partial charge >= 0.3 is 5.97 Å². The minimum Gasteiger partial charge on any atom is -0.507 e. The number of benzene rings is 2. The van der Waals surface area contributed by atoms with Crippen LogP contribution in [0.2, 0.25) is 5.02 Å². The number of aromatic hydroxyl groups is 1. The van der Waals surface area contributed by atoms with Gasteiger partial charge in [0.1, 0.15) is 11.3 Å². The number of aryl methyl sites for hydroxylation is 3. The highest BCUT2D eigenvalue weighted by molar-refractivity contribution is 6.34. The molecule has 24 heavy (non-hydrogen) atoms. The van der Waals surface area contributed by atoms with E-state index < -0.39 is 18.5 Å². The largest absolute Gasteiger partial charge is 0.507 e. The van der Waals surface area contributed by atoms with Crippen molar-refractivity contribution in [2.45, 2.75) is 20.8 Å². The first kappa shape index (κ1) is 17.8. The zero-order chi connectivity index (χ0) is 17.9. The molecule has 0 unspecified atom stereocenters. The molecule has 0 aliphatic carbocycles.